The van der Waals surface area contributed by atoms with Gasteiger partial charge in [0, 0.05) is 24.5 Å². The number of nitriles is 1. The van der Waals surface area contributed by atoms with E-state index < -0.39 is 0 Å². The highest BCUT2D eigenvalue weighted by molar-refractivity contribution is 5.64. The second kappa shape index (κ2) is 4.66. The fourth-order valence-corrected chi connectivity index (χ4v) is 2.53. The van der Waals surface area contributed by atoms with Gasteiger partial charge in [-0.2, -0.15) is 5.26 Å². The second-order valence-electron chi connectivity index (χ2n) is 4.87. The molecule has 1 aliphatic rings. The first kappa shape index (κ1) is 11.6. The van der Waals surface area contributed by atoms with Crippen molar-refractivity contribution >= 4 is 11.4 Å². The molecule has 3 nitrogen and oxygen atoms in total. The van der Waals surface area contributed by atoms with Gasteiger partial charge < -0.3 is 10.6 Å². The van der Waals surface area contributed by atoms with Crippen molar-refractivity contribution < 1.29 is 0 Å². The van der Waals surface area contributed by atoms with Crippen LogP contribution >= 0.6 is 0 Å². The summed E-state index contributed by atoms with van der Waals surface area (Å²) in [6.45, 7) is 1.89. The first-order valence-corrected chi connectivity index (χ1v) is 6.38. The highest BCUT2D eigenvalue weighted by atomic mass is 15.1. The van der Waals surface area contributed by atoms with Gasteiger partial charge in [-0.05, 0) is 41.8 Å². The molecule has 0 unspecified atom stereocenters. The van der Waals surface area contributed by atoms with E-state index in [4.69, 9.17) is 11.0 Å². The molecule has 1 aliphatic heterocycles. The molecule has 2 aromatic carbocycles. The summed E-state index contributed by atoms with van der Waals surface area (Å²) in [5.74, 6) is 0. The first-order chi connectivity index (χ1) is 9.26. The van der Waals surface area contributed by atoms with E-state index in [1.807, 2.05) is 36.4 Å². The van der Waals surface area contributed by atoms with Gasteiger partial charge in [0.1, 0.15) is 0 Å². The van der Waals surface area contributed by atoms with E-state index in [0.29, 0.717) is 5.56 Å². The SMILES string of the molecule is N#Cc1ccc(CN2CCc3ccc(N)cc32)cc1. The third-order valence-corrected chi connectivity index (χ3v) is 3.56. The molecule has 0 spiro atoms. The van der Waals surface area contributed by atoms with Gasteiger partial charge in [0.2, 0.25) is 0 Å². The molecule has 0 bridgehead atoms. The fourth-order valence-electron chi connectivity index (χ4n) is 2.53. The smallest absolute Gasteiger partial charge is 0.0991 e. The Morgan fingerprint density at radius 1 is 1.16 bits per heavy atom. The van der Waals surface area contributed by atoms with Crippen molar-refractivity contribution in [2.75, 3.05) is 17.2 Å². The number of benzene rings is 2. The van der Waals surface area contributed by atoms with Crippen LogP contribution in [0.4, 0.5) is 11.4 Å². The maximum atomic E-state index is 8.80. The lowest BCUT2D eigenvalue weighted by atomic mass is 10.1. The van der Waals surface area contributed by atoms with Crippen molar-refractivity contribution in [1.29, 1.82) is 5.26 Å². The van der Waals surface area contributed by atoms with E-state index in [9.17, 15) is 0 Å². The van der Waals surface area contributed by atoms with Crippen molar-refractivity contribution in [3.8, 4) is 6.07 Å². The molecule has 3 heteroatoms. The normalized spacial score (nSPS) is 13.1. The summed E-state index contributed by atoms with van der Waals surface area (Å²) in [5.41, 5.74) is 11.2. The zero-order chi connectivity index (χ0) is 13.2. The van der Waals surface area contributed by atoms with E-state index in [0.717, 1.165) is 25.2 Å². The van der Waals surface area contributed by atoms with Crippen LogP contribution in [0.3, 0.4) is 0 Å². The fraction of sp³-hybridized carbons (Fsp3) is 0.188. The number of nitrogens with two attached hydrogens (primary N) is 1. The Balaban J connectivity index is 1.82. The van der Waals surface area contributed by atoms with Crippen LogP contribution in [-0.4, -0.2) is 6.54 Å². The Morgan fingerprint density at radius 2 is 1.95 bits per heavy atom. The molecule has 0 aromatic heterocycles. The molecule has 0 aliphatic carbocycles. The molecule has 94 valence electrons. The number of nitrogen functional groups attached to an aromatic ring is 1. The van der Waals surface area contributed by atoms with Gasteiger partial charge in [-0.15, -0.1) is 0 Å². The predicted octanol–water partition coefficient (Wildman–Crippen LogP) is 2.70. The minimum absolute atomic E-state index is 0.704. The van der Waals surface area contributed by atoms with Crippen molar-refractivity contribution in [2.24, 2.45) is 0 Å². The molecule has 0 atom stereocenters. The Bertz CT molecular complexity index is 638. The molecular formula is C16H15N3. The second-order valence-corrected chi connectivity index (χ2v) is 4.87. The lowest BCUT2D eigenvalue weighted by Gasteiger charge is -2.19. The van der Waals surface area contributed by atoms with Crippen LogP contribution in [0.25, 0.3) is 0 Å². The van der Waals surface area contributed by atoms with Crippen LogP contribution in [0, 0.1) is 11.3 Å². The summed E-state index contributed by atoms with van der Waals surface area (Å²) < 4.78 is 0. The maximum Gasteiger partial charge on any atom is 0.0991 e. The van der Waals surface area contributed by atoms with E-state index >= 15 is 0 Å². The Kier molecular flexibility index (Phi) is 2.85. The number of fused-ring (bicyclic) bond motifs is 1. The molecule has 0 fully saturated rings. The monoisotopic (exact) mass is 249 g/mol. The van der Waals surface area contributed by atoms with Crippen LogP contribution in [0.1, 0.15) is 16.7 Å². The first-order valence-electron chi connectivity index (χ1n) is 6.38. The van der Waals surface area contributed by atoms with Gasteiger partial charge in [0.25, 0.3) is 0 Å². The molecule has 2 aromatic rings. The van der Waals surface area contributed by atoms with Gasteiger partial charge in [-0.3, -0.25) is 0 Å². The zero-order valence-electron chi connectivity index (χ0n) is 10.6. The standard InChI is InChI=1S/C16H15N3/c17-10-12-1-3-13(4-2-12)11-19-8-7-14-5-6-15(18)9-16(14)19/h1-6,9H,7-8,11,18H2. The van der Waals surface area contributed by atoms with Crippen LogP contribution in [0.15, 0.2) is 42.5 Å². The minimum atomic E-state index is 0.704. The predicted molar refractivity (Wildman–Crippen MR) is 76.8 cm³/mol. The highest BCUT2D eigenvalue weighted by Gasteiger charge is 2.18. The number of nitrogens with zero attached hydrogens (tertiary/aromatic N) is 2. The molecule has 3 rings (SSSR count). The van der Waals surface area contributed by atoms with Crippen molar-refractivity contribution in [3.05, 3.63) is 59.2 Å². The third-order valence-electron chi connectivity index (χ3n) is 3.56. The lowest BCUT2D eigenvalue weighted by molar-refractivity contribution is 0.836. The summed E-state index contributed by atoms with van der Waals surface area (Å²) in [6, 6.07) is 16.0. The highest BCUT2D eigenvalue weighted by Crippen LogP contribution is 2.31. The van der Waals surface area contributed by atoms with Crippen molar-refractivity contribution in [1.82, 2.24) is 0 Å². The summed E-state index contributed by atoms with van der Waals surface area (Å²) >= 11 is 0. The van der Waals surface area contributed by atoms with Gasteiger partial charge in [-0.25, -0.2) is 0 Å². The van der Waals surface area contributed by atoms with Crippen LogP contribution in [0.5, 0.6) is 0 Å². The van der Waals surface area contributed by atoms with Crippen LogP contribution in [-0.2, 0) is 13.0 Å². The van der Waals surface area contributed by atoms with Gasteiger partial charge in [0.05, 0.1) is 11.6 Å². The summed E-state index contributed by atoms with van der Waals surface area (Å²) in [4.78, 5) is 2.34. The molecule has 1 heterocycles. The quantitative estimate of drug-likeness (QED) is 0.832. The Hall–Kier alpha value is -2.47. The molecule has 0 saturated carbocycles. The van der Waals surface area contributed by atoms with Crippen molar-refractivity contribution in [2.45, 2.75) is 13.0 Å². The number of rotatable bonds is 2. The molecule has 0 amide bonds. The van der Waals surface area contributed by atoms with E-state index in [1.54, 1.807) is 0 Å². The van der Waals surface area contributed by atoms with Gasteiger partial charge in [0.15, 0.2) is 0 Å². The van der Waals surface area contributed by atoms with Gasteiger partial charge in [-0.1, -0.05) is 18.2 Å². The molecule has 19 heavy (non-hydrogen) atoms. The maximum absolute atomic E-state index is 8.80. The average Bonchev–Trinajstić information content (AvgIpc) is 2.82. The lowest BCUT2D eigenvalue weighted by Crippen LogP contribution is -2.19. The van der Waals surface area contributed by atoms with Crippen LogP contribution < -0.4 is 10.6 Å². The summed E-state index contributed by atoms with van der Waals surface area (Å²) in [5, 5.41) is 8.80. The van der Waals surface area contributed by atoms with Crippen LogP contribution in [0.2, 0.25) is 0 Å². The summed E-state index contributed by atoms with van der Waals surface area (Å²) in [7, 11) is 0. The Labute approximate surface area is 112 Å². The largest absolute Gasteiger partial charge is 0.399 e. The number of anilines is 2. The van der Waals surface area contributed by atoms with Crippen molar-refractivity contribution in [3.63, 3.8) is 0 Å². The molecular weight excluding hydrogens is 234 g/mol. The van der Waals surface area contributed by atoms with Gasteiger partial charge >= 0.3 is 0 Å². The minimum Gasteiger partial charge on any atom is -0.399 e. The molecule has 0 radical (unpaired) electrons. The van der Waals surface area contributed by atoms with E-state index in [-0.39, 0.29) is 0 Å². The number of hydrogen-bond acceptors (Lipinski definition) is 3. The molecule has 0 saturated heterocycles. The third kappa shape index (κ3) is 2.25. The topological polar surface area (TPSA) is 53.0 Å². The van der Waals surface area contributed by atoms with E-state index in [2.05, 4.69) is 17.0 Å². The zero-order valence-corrected chi connectivity index (χ0v) is 10.6. The average molecular weight is 249 g/mol. The summed E-state index contributed by atoms with van der Waals surface area (Å²) in [6.07, 6.45) is 1.08. The Morgan fingerprint density at radius 3 is 2.68 bits per heavy atom. The number of hydrogen-bond donors (Lipinski definition) is 1. The molecule has 2 N–H and O–H groups in total. The van der Waals surface area contributed by atoms with E-state index in [1.165, 1.54) is 16.8 Å².